The molecule has 1 aromatic carbocycles. The van der Waals surface area contributed by atoms with Crippen molar-refractivity contribution in [3.05, 3.63) is 29.3 Å². The summed E-state index contributed by atoms with van der Waals surface area (Å²) in [7, 11) is 0. The summed E-state index contributed by atoms with van der Waals surface area (Å²) in [5.74, 6) is 0.437. The number of amides is 1. The Hall–Kier alpha value is -1.40. The average molecular weight is 312 g/mol. The first kappa shape index (κ1) is 13.6. The maximum Gasteiger partial charge on any atom is 0.416 e. The summed E-state index contributed by atoms with van der Waals surface area (Å²) in [6, 6.07) is 7.50. The van der Waals surface area contributed by atoms with Crippen LogP contribution < -0.4 is 4.31 Å². The summed E-state index contributed by atoms with van der Waals surface area (Å²) in [6.45, 7) is 2.01. The van der Waals surface area contributed by atoms with Crippen LogP contribution in [0.3, 0.4) is 0 Å². The topological polar surface area (TPSA) is 45.1 Å². The highest BCUT2D eigenvalue weighted by molar-refractivity contribution is 7.99. The monoisotopic (exact) mass is 311 g/mol. The molecule has 3 rings (SSSR count). The lowest BCUT2D eigenvalue weighted by Gasteiger charge is -2.16. The molecule has 0 bridgehead atoms. The number of hydrogen-bond donors (Lipinski definition) is 0. The van der Waals surface area contributed by atoms with Gasteiger partial charge in [0.1, 0.15) is 6.54 Å². The molecular formula is C13H14ClN3O2S. The Morgan fingerprint density at radius 2 is 2.15 bits per heavy atom. The van der Waals surface area contributed by atoms with Gasteiger partial charge >= 0.3 is 6.09 Å². The molecule has 0 unspecified atom stereocenters. The predicted octanol–water partition coefficient (Wildman–Crippen LogP) is 3.35. The third kappa shape index (κ3) is 3.02. The van der Waals surface area contributed by atoms with Crippen LogP contribution in [0.25, 0.3) is 0 Å². The average Bonchev–Trinajstić information content (AvgIpc) is 3.10. The van der Waals surface area contributed by atoms with E-state index in [9.17, 15) is 4.79 Å². The smallest absolute Gasteiger partial charge is 0.393 e. The number of anilines is 1. The molecule has 2 aliphatic rings. The van der Waals surface area contributed by atoms with E-state index in [1.165, 1.54) is 12.1 Å². The minimum absolute atomic E-state index is 0.296. The van der Waals surface area contributed by atoms with Crippen molar-refractivity contribution < 1.29 is 9.53 Å². The molecule has 0 spiro atoms. The molecule has 1 amide bonds. The first-order chi connectivity index (χ1) is 9.72. The Bertz CT molecular complexity index is 546. The molecule has 1 fully saturated rings. The van der Waals surface area contributed by atoms with Crippen LogP contribution in [0.2, 0.25) is 5.02 Å². The van der Waals surface area contributed by atoms with Crippen molar-refractivity contribution in [2.75, 3.05) is 23.9 Å². The van der Waals surface area contributed by atoms with Gasteiger partial charge in [0.15, 0.2) is 0 Å². The molecule has 7 heteroatoms. The van der Waals surface area contributed by atoms with Gasteiger partial charge in [0.2, 0.25) is 5.90 Å². The Morgan fingerprint density at radius 1 is 1.35 bits per heavy atom. The van der Waals surface area contributed by atoms with Gasteiger partial charge in [-0.05, 0) is 31.0 Å². The number of rotatable bonds is 1. The van der Waals surface area contributed by atoms with Gasteiger partial charge in [0, 0.05) is 18.1 Å². The highest BCUT2D eigenvalue weighted by Crippen LogP contribution is 2.29. The molecule has 0 atom stereocenters. The maximum atomic E-state index is 11.9. The van der Waals surface area contributed by atoms with Crippen molar-refractivity contribution in [3.63, 3.8) is 0 Å². The van der Waals surface area contributed by atoms with E-state index in [-0.39, 0.29) is 6.09 Å². The highest BCUT2D eigenvalue weighted by atomic mass is 35.5. The molecule has 1 saturated heterocycles. The predicted molar refractivity (Wildman–Crippen MR) is 81.1 cm³/mol. The Kier molecular flexibility index (Phi) is 4.03. The molecule has 0 N–H and O–H groups in total. The molecule has 0 aromatic heterocycles. The second kappa shape index (κ2) is 5.93. The summed E-state index contributed by atoms with van der Waals surface area (Å²) < 4.78 is 11.4. The number of carbonyl (C=O) groups is 1. The summed E-state index contributed by atoms with van der Waals surface area (Å²) in [4.78, 5) is 13.6. The van der Waals surface area contributed by atoms with Gasteiger partial charge in [-0.25, -0.2) is 4.79 Å². The standard InChI is InChI=1S/C13H14ClN3O2S/c14-10-4-3-5-11(8-10)17-9-12(15-20-17)19-13(18)16-6-1-2-7-16/h3-5,8H,1-2,6-7,9H2. The fraction of sp³-hybridized carbons (Fsp3) is 0.385. The second-order valence-electron chi connectivity index (χ2n) is 4.65. The molecule has 0 aliphatic carbocycles. The molecule has 0 radical (unpaired) electrons. The van der Waals surface area contributed by atoms with Gasteiger partial charge in [-0.1, -0.05) is 17.7 Å². The highest BCUT2D eigenvalue weighted by Gasteiger charge is 2.25. The molecule has 0 saturated carbocycles. The van der Waals surface area contributed by atoms with Crippen molar-refractivity contribution in [2.45, 2.75) is 12.8 Å². The van der Waals surface area contributed by atoms with E-state index < -0.39 is 0 Å². The zero-order valence-electron chi connectivity index (χ0n) is 10.8. The van der Waals surface area contributed by atoms with Gasteiger partial charge in [0.25, 0.3) is 0 Å². The van der Waals surface area contributed by atoms with Gasteiger partial charge in [-0.15, -0.1) is 0 Å². The Morgan fingerprint density at radius 3 is 2.90 bits per heavy atom. The van der Waals surface area contributed by atoms with E-state index in [1.807, 2.05) is 28.6 Å². The minimum atomic E-state index is -0.296. The molecule has 20 heavy (non-hydrogen) atoms. The van der Waals surface area contributed by atoms with Crippen LogP contribution in [-0.4, -0.2) is 36.5 Å². The largest absolute Gasteiger partial charge is 0.416 e. The fourth-order valence-electron chi connectivity index (χ4n) is 2.16. The number of nitrogens with zero attached hydrogens (tertiary/aromatic N) is 3. The Balaban J connectivity index is 1.57. The zero-order chi connectivity index (χ0) is 13.9. The number of carbonyl (C=O) groups excluding carboxylic acids is 1. The zero-order valence-corrected chi connectivity index (χ0v) is 12.4. The second-order valence-corrected chi connectivity index (χ2v) is 5.87. The lowest BCUT2D eigenvalue weighted by Crippen LogP contribution is -2.32. The lowest BCUT2D eigenvalue weighted by molar-refractivity contribution is 0.159. The van der Waals surface area contributed by atoms with Crippen molar-refractivity contribution in [1.29, 1.82) is 0 Å². The van der Waals surface area contributed by atoms with Crippen molar-refractivity contribution >= 4 is 41.4 Å². The SMILES string of the molecule is O=C(OC1=NSN(c2cccc(Cl)c2)C1)N1CCCC1. The van der Waals surface area contributed by atoms with E-state index in [2.05, 4.69) is 4.40 Å². The van der Waals surface area contributed by atoms with Gasteiger partial charge in [-0.3, -0.25) is 4.31 Å². The maximum absolute atomic E-state index is 11.9. The van der Waals surface area contributed by atoms with Crippen LogP contribution in [0.1, 0.15) is 12.8 Å². The quantitative estimate of drug-likeness (QED) is 0.746. The van der Waals surface area contributed by atoms with Gasteiger partial charge in [0.05, 0.1) is 17.8 Å². The van der Waals surface area contributed by atoms with Crippen LogP contribution in [0.4, 0.5) is 10.5 Å². The Labute approximate surface area is 126 Å². The molecule has 5 nitrogen and oxygen atoms in total. The van der Waals surface area contributed by atoms with E-state index in [0.29, 0.717) is 17.5 Å². The van der Waals surface area contributed by atoms with Crippen LogP contribution >= 0.6 is 23.7 Å². The number of benzene rings is 1. The first-order valence-corrected chi connectivity index (χ1v) is 7.57. The number of halogens is 1. The normalized spacial score (nSPS) is 18.4. The lowest BCUT2D eigenvalue weighted by atomic mass is 10.3. The molecule has 106 valence electrons. The summed E-state index contributed by atoms with van der Waals surface area (Å²) in [5, 5.41) is 0.672. The van der Waals surface area contributed by atoms with Crippen LogP contribution in [0.5, 0.6) is 0 Å². The third-order valence-corrected chi connectivity index (χ3v) is 4.24. The van der Waals surface area contributed by atoms with Gasteiger partial charge in [-0.2, -0.15) is 4.40 Å². The van der Waals surface area contributed by atoms with Crippen LogP contribution in [0, 0.1) is 0 Å². The van der Waals surface area contributed by atoms with Crippen LogP contribution in [0.15, 0.2) is 28.7 Å². The summed E-state index contributed by atoms with van der Waals surface area (Å²) >= 11 is 7.23. The van der Waals surface area contributed by atoms with Crippen molar-refractivity contribution in [2.24, 2.45) is 4.40 Å². The molecule has 2 aliphatic heterocycles. The molecule has 2 heterocycles. The van der Waals surface area contributed by atoms with Crippen molar-refractivity contribution in [1.82, 2.24) is 4.90 Å². The van der Waals surface area contributed by atoms with Crippen molar-refractivity contribution in [3.8, 4) is 0 Å². The fourth-order valence-corrected chi connectivity index (χ4v) is 3.01. The van der Waals surface area contributed by atoms with E-state index >= 15 is 0 Å². The molecule has 1 aromatic rings. The number of hydrogen-bond acceptors (Lipinski definition) is 5. The summed E-state index contributed by atoms with van der Waals surface area (Å²) in [6.07, 6.45) is 1.80. The number of ether oxygens (including phenoxy) is 1. The third-order valence-electron chi connectivity index (χ3n) is 3.19. The molecular weight excluding hydrogens is 298 g/mol. The van der Waals surface area contributed by atoms with E-state index in [0.717, 1.165) is 31.6 Å². The van der Waals surface area contributed by atoms with Gasteiger partial charge < -0.3 is 9.64 Å². The number of likely N-dealkylation sites (tertiary alicyclic amines) is 1. The summed E-state index contributed by atoms with van der Waals surface area (Å²) in [5.41, 5.74) is 0.943. The van der Waals surface area contributed by atoms with Crippen LogP contribution in [-0.2, 0) is 4.74 Å². The van der Waals surface area contributed by atoms with E-state index in [1.54, 1.807) is 4.90 Å². The minimum Gasteiger partial charge on any atom is -0.393 e. The van der Waals surface area contributed by atoms with E-state index in [4.69, 9.17) is 16.3 Å². The first-order valence-electron chi connectivity index (χ1n) is 6.46.